The molecule has 21 heavy (non-hydrogen) atoms. The number of benzene rings is 2. The molecular weight excluding hydrogens is 283 g/mol. The zero-order chi connectivity index (χ0) is 15.1. The molecule has 0 aliphatic rings. The summed E-state index contributed by atoms with van der Waals surface area (Å²) in [6.07, 6.45) is 0. The Morgan fingerprint density at radius 2 is 1.86 bits per heavy atom. The maximum Gasteiger partial charge on any atom is 0.140 e. The minimum Gasteiger partial charge on any atom is -0.313 e. The summed E-state index contributed by atoms with van der Waals surface area (Å²) in [5.41, 5.74) is 2.32. The van der Waals surface area contributed by atoms with Gasteiger partial charge in [-0.15, -0.1) is 11.8 Å². The van der Waals surface area contributed by atoms with Crippen molar-refractivity contribution in [2.45, 2.75) is 24.1 Å². The number of nitriles is 1. The standard InChI is InChI=1S/C17H17FN2S/c1-2-20-11-13-3-6-16(7-4-13)21-12-14-5-8-17(18)15(9-14)10-19/h3-9,20H,2,11-12H2,1H3. The quantitative estimate of drug-likeness (QED) is 0.816. The van der Waals surface area contributed by atoms with Gasteiger partial charge in [0.15, 0.2) is 0 Å². The summed E-state index contributed by atoms with van der Waals surface area (Å²) in [7, 11) is 0. The Hall–Kier alpha value is -1.83. The van der Waals surface area contributed by atoms with Gasteiger partial charge in [-0.05, 0) is 41.9 Å². The lowest BCUT2D eigenvalue weighted by molar-refractivity contribution is 0.623. The normalized spacial score (nSPS) is 10.3. The van der Waals surface area contributed by atoms with E-state index in [0.29, 0.717) is 0 Å². The number of thioether (sulfide) groups is 1. The minimum absolute atomic E-state index is 0.106. The molecule has 0 heterocycles. The third kappa shape index (κ3) is 4.59. The first-order valence-electron chi connectivity index (χ1n) is 6.84. The summed E-state index contributed by atoms with van der Waals surface area (Å²) in [5.74, 6) is 0.264. The highest BCUT2D eigenvalue weighted by Gasteiger charge is 2.03. The van der Waals surface area contributed by atoms with Gasteiger partial charge in [0.25, 0.3) is 0 Å². The molecular formula is C17H17FN2S. The second-order valence-electron chi connectivity index (χ2n) is 4.64. The third-order valence-electron chi connectivity index (χ3n) is 3.06. The fraction of sp³-hybridized carbons (Fsp3) is 0.235. The molecule has 108 valence electrons. The van der Waals surface area contributed by atoms with Crippen LogP contribution in [-0.4, -0.2) is 6.54 Å². The molecule has 2 nitrogen and oxygen atoms in total. The molecule has 0 aliphatic heterocycles. The number of hydrogen-bond donors (Lipinski definition) is 1. The molecule has 4 heteroatoms. The van der Waals surface area contributed by atoms with E-state index in [2.05, 4.69) is 36.5 Å². The van der Waals surface area contributed by atoms with Crippen LogP contribution in [0.3, 0.4) is 0 Å². The van der Waals surface area contributed by atoms with E-state index >= 15 is 0 Å². The van der Waals surface area contributed by atoms with Crippen LogP contribution in [0.4, 0.5) is 4.39 Å². The fourth-order valence-corrected chi connectivity index (χ4v) is 2.73. The van der Waals surface area contributed by atoms with E-state index in [1.807, 2.05) is 6.07 Å². The number of nitrogens with one attached hydrogen (secondary N) is 1. The Morgan fingerprint density at radius 1 is 1.14 bits per heavy atom. The lowest BCUT2D eigenvalue weighted by atomic mass is 10.1. The van der Waals surface area contributed by atoms with Crippen LogP contribution in [0.5, 0.6) is 0 Å². The van der Waals surface area contributed by atoms with Gasteiger partial charge in [0, 0.05) is 17.2 Å². The zero-order valence-corrected chi connectivity index (χ0v) is 12.7. The Bertz CT molecular complexity index is 632. The lowest BCUT2D eigenvalue weighted by Gasteiger charge is -2.05. The third-order valence-corrected chi connectivity index (χ3v) is 4.14. The van der Waals surface area contributed by atoms with E-state index in [1.54, 1.807) is 23.9 Å². The first-order valence-corrected chi connectivity index (χ1v) is 7.82. The van der Waals surface area contributed by atoms with Crippen LogP contribution < -0.4 is 5.32 Å². The monoisotopic (exact) mass is 300 g/mol. The van der Waals surface area contributed by atoms with Gasteiger partial charge in [-0.2, -0.15) is 5.26 Å². The number of rotatable bonds is 6. The number of nitrogens with zero attached hydrogens (tertiary/aromatic N) is 1. The summed E-state index contributed by atoms with van der Waals surface area (Å²) < 4.78 is 13.2. The SMILES string of the molecule is CCNCc1ccc(SCc2ccc(F)c(C#N)c2)cc1. The average molecular weight is 300 g/mol. The van der Waals surface area contributed by atoms with Gasteiger partial charge in [-0.3, -0.25) is 0 Å². The van der Waals surface area contributed by atoms with Crippen LogP contribution in [0.15, 0.2) is 47.4 Å². The van der Waals surface area contributed by atoms with Crippen LogP contribution in [0, 0.1) is 17.1 Å². The van der Waals surface area contributed by atoms with Crippen molar-refractivity contribution in [1.29, 1.82) is 5.26 Å². The van der Waals surface area contributed by atoms with Crippen molar-refractivity contribution >= 4 is 11.8 Å². The van der Waals surface area contributed by atoms with Gasteiger partial charge in [-0.1, -0.05) is 25.1 Å². The topological polar surface area (TPSA) is 35.8 Å². The van der Waals surface area contributed by atoms with Gasteiger partial charge in [0.1, 0.15) is 11.9 Å². The number of halogens is 1. The Morgan fingerprint density at radius 3 is 2.52 bits per heavy atom. The predicted molar refractivity (Wildman–Crippen MR) is 84.5 cm³/mol. The highest BCUT2D eigenvalue weighted by atomic mass is 32.2. The smallest absolute Gasteiger partial charge is 0.140 e. The van der Waals surface area contributed by atoms with E-state index in [-0.39, 0.29) is 5.56 Å². The molecule has 0 fully saturated rings. The van der Waals surface area contributed by atoms with Gasteiger partial charge in [0.05, 0.1) is 5.56 Å². The van der Waals surface area contributed by atoms with Crippen molar-refractivity contribution in [1.82, 2.24) is 5.32 Å². The Labute approximate surface area is 129 Å². The summed E-state index contributed by atoms with van der Waals surface area (Å²) in [6.45, 7) is 3.93. The molecule has 2 rings (SSSR count). The second-order valence-corrected chi connectivity index (χ2v) is 5.69. The molecule has 1 N–H and O–H groups in total. The van der Waals surface area contributed by atoms with Gasteiger partial charge < -0.3 is 5.32 Å². The number of hydrogen-bond acceptors (Lipinski definition) is 3. The Balaban J connectivity index is 1.95. The van der Waals surface area contributed by atoms with Gasteiger partial charge >= 0.3 is 0 Å². The van der Waals surface area contributed by atoms with Crippen molar-refractivity contribution in [2.75, 3.05) is 6.54 Å². The highest BCUT2D eigenvalue weighted by Crippen LogP contribution is 2.24. The van der Waals surface area contributed by atoms with Crippen molar-refractivity contribution in [2.24, 2.45) is 0 Å². The van der Waals surface area contributed by atoms with Gasteiger partial charge in [0.2, 0.25) is 0 Å². The fourth-order valence-electron chi connectivity index (χ4n) is 1.89. The van der Waals surface area contributed by atoms with Crippen molar-refractivity contribution in [3.63, 3.8) is 0 Å². The maximum atomic E-state index is 13.2. The minimum atomic E-state index is -0.459. The van der Waals surface area contributed by atoms with E-state index in [0.717, 1.165) is 29.3 Å². The van der Waals surface area contributed by atoms with Crippen LogP contribution in [-0.2, 0) is 12.3 Å². The van der Waals surface area contributed by atoms with Crippen molar-refractivity contribution < 1.29 is 4.39 Å². The molecule has 0 amide bonds. The van der Waals surface area contributed by atoms with Crippen molar-refractivity contribution in [3.05, 3.63) is 65.0 Å². The van der Waals surface area contributed by atoms with Crippen LogP contribution in [0.25, 0.3) is 0 Å². The second kappa shape index (κ2) is 7.82. The summed E-state index contributed by atoms with van der Waals surface area (Å²) in [5, 5.41) is 12.1. The lowest BCUT2D eigenvalue weighted by Crippen LogP contribution is -2.11. The Kier molecular flexibility index (Phi) is 5.79. The highest BCUT2D eigenvalue weighted by molar-refractivity contribution is 7.98. The molecule has 2 aromatic carbocycles. The van der Waals surface area contributed by atoms with E-state index < -0.39 is 5.82 Å². The molecule has 0 bridgehead atoms. The van der Waals surface area contributed by atoms with E-state index in [1.165, 1.54) is 11.6 Å². The molecule has 2 aromatic rings. The first-order chi connectivity index (χ1) is 10.2. The van der Waals surface area contributed by atoms with Crippen LogP contribution in [0.1, 0.15) is 23.6 Å². The predicted octanol–water partition coefficient (Wildman–Crippen LogP) is 4.10. The largest absolute Gasteiger partial charge is 0.313 e. The molecule has 0 unspecified atom stereocenters. The van der Waals surface area contributed by atoms with Gasteiger partial charge in [-0.25, -0.2) is 4.39 Å². The molecule has 0 spiro atoms. The summed E-state index contributed by atoms with van der Waals surface area (Å²) in [6, 6.07) is 15.0. The molecule has 0 atom stereocenters. The van der Waals surface area contributed by atoms with Crippen LogP contribution in [0.2, 0.25) is 0 Å². The molecule has 0 aliphatic carbocycles. The summed E-state index contributed by atoms with van der Waals surface area (Å²) in [4.78, 5) is 1.16. The molecule has 0 aromatic heterocycles. The molecule has 0 radical (unpaired) electrons. The first kappa shape index (κ1) is 15.6. The van der Waals surface area contributed by atoms with E-state index in [9.17, 15) is 4.39 Å². The zero-order valence-electron chi connectivity index (χ0n) is 11.9. The maximum absolute atomic E-state index is 13.2. The average Bonchev–Trinajstić information content (AvgIpc) is 2.53. The van der Waals surface area contributed by atoms with Crippen molar-refractivity contribution in [3.8, 4) is 6.07 Å². The molecule has 0 saturated carbocycles. The van der Waals surface area contributed by atoms with E-state index in [4.69, 9.17) is 5.26 Å². The molecule has 0 saturated heterocycles. The summed E-state index contributed by atoms with van der Waals surface area (Å²) >= 11 is 1.68. The van der Waals surface area contributed by atoms with Crippen LogP contribution >= 0.6 is 11.8 Å².